The molecule has 0 N–H and O–H groups in total. The Kier molecular flexibility index (Phi) is 4.90. The minimum atomic E-state index is -0.0656. The Morgan fingerprint density at radius 2 is 1.49 bits per heavy atom. The maximum absolute atomic E-state index is 10.2. The van der Waals surface area contributed by atoms with E-state index in [1.54, 1.807) is 0 Å². The van der Waals surface area contributed by atoms with Crippen molar-refractivity contribution < 1.29 is 8.98 Å². The van der Waals surface area contributed by atoms with Crippen LogP contribution in [0.4, 0.5) is 0 Å². The van der Waals surface area contributed by atoms with Crippen LogP contribution in [0.1, 0.15) is 41.7 Å². The van der Waals surface area contributed by atoms with Crippen LogP contribution in [0.25, 0.3) is 55.4 Å². The molecule has 7 rings (SSSR count). The van der Waals surface area contributed by atoms with Crippen molar-refractivity contribution in [3.8, 4) is 39.6 Å². The second-order valence-corrected chi connectivity index (χ2v) is 11.3. The largest absolute Gasteiger partial charge is 0.454 e. The summed E-state index contributed by atoms with van der Waals surface area (Å²) in [4.78, 5) is 0. The van der Waals surface area contributed by atoms with Crippen molar-refractivity contribution in [2.75, 3.05) is 0 Å². The summed E-state index contributed by atoms with van der Waals surface area (Å²) in [6.07, 6.45) is 2.14. The van der Waals surface area contributed by atoms with E-state index in [-0.39, 0.29) is 5.41 Å². The van der Waals surface area contributed by atoms with E-state index in [4.69, 9.17) is 4.42 Å². The van der Waals surface area contributed by atoms with Crippen LogP contribution in [0.2, 0.25) is 0 Å². The third-order valence-electron chi connectivity index (χ3n) is 8.55. The van der Waals surface area contributed by atoms with Crippen LogP contribution in [0.15, 0.2) is 89.5 Å². The topological polar surface area (TPSA) is 40.8 Å². The van der Waals surface area contributed by atoms with Gasteiger partial charge in [-0.2, -0.15) is 5.26 Å². The smallest absolute Gasteiger partial charge is 0.216 e. The van der Waals surface area contributed by atoms with E-state index >= 15 is 0 Å². The van der Waals surface area contributed by atoms with E-state index in [2.05, 4.69) is 118 Å². The third kappa shape index (κ3) is 3.25. The van der Waals surface area contributed by atoms with E-state index in [1.165, 1.54) is 27.8 Å². The fraction of sp³-hybridized carbons (Fsp3) is 0.167. The van der Waals surface area contributed by atoms with Crippen molar-refractivity contribution in [2.24, 2.45) is 7.05 Å². The van der Waals surface area contributed by atoms with Crippen LogP contribution >= 0.6 is 0 Å². The Labute approximate surface area is 228 Å². The summed E-state index contributed by atoms with van der Waals surface area (Å²) in [7, 11) is 2.08. The van der Waals surface area contributed by atoms with E-state index < -0.39 is 0 Å². The van der Waals surface area contributed by atoms with Gasteiger partial charge in [-0.25, -0.2) is 4.57 Å². The number of aryl methyl sites for hydroxylation is 3. The summed E-state index contributed by atoms with van der Waals surface area (Å²) in [5, 5.41) is 12.3. The maximum atomic E-state index is 10.2. The second-order valence-electron chi connectivity index (χ2n) is 11.3. The van der Waals surface area contributed by atoms with Gasteiger partial charge in [0.15, 0.2) is 6.20 Å². The molecule has 0 spiro atoms. The number of hydrogen-bond acceptors (Lipinski definition) is 2. The molecule has 39 heavy (non-hydrogen) atoms. The van der Waals surface area contributed by atoms with E-state index in [9.17, 15) is 5.26 Å². The molecule has 3 nitrogen and oxygen atoms in total. The van der Waals surface area contributed by atoms with Crippen LogP contribution < -0.4 is 4.57 Å². The van der Waals surface area contributed by atoms with Crippen LogP contribution in [-0.2, 0) is 12.5 Å². The lowest BCUT2D eigenvalue weighted by Crippen LogP contribution is -2.31. The molecule has 0 bridgehead atoms. The van der Waals surface area contributed by atoms with Crippen LogP contribution in [-0.4, -0.2) is 0 Å². The average Bonchev–Trinajstić information content (AvgIpc) is 3.41. The molecule has 0 unspecified atom stereocenters. The number of benzene rings is 4. The van der Waals surface area contributed by atoms with Crippen LogP contribution in [0.5, 0.6) is 0 Å². The Morgan fingerprint density at radius 3 is 2.26 bits per heavy atom. The van der Waals surface area contributed by atoms with Gasteiger partial charge in [0, 0.05) is 33.4 Å². The number of furan rings is 1. The number of pyridine rings is 1. The highest BCUT2D eigenvalue weighted by Gasteiger charge is 2.35. The van der Waals surface area contributed by atoms with Crippen molar-refractivity contribution in [3.63, 3.8) is 0 Å². The van der Waals surface area contributed by atoms with Gasteiger partial charge < -0.3 is 4.42 Å². The highest BCUT2D eigenvalue weighted by Crippen LogP contribution is 2.50. The number of aromatic nitrogens is 1. The van der Waals surface area contributed by atoms with E-state index in [1.807, 2.05) is 12.1 Å². The fourth-order valence-corrected chi connectivity index (χ4v) is 6.58. The molecule has 188 valence electrons. The number of nitriles is 1. The van der Waals surface area contributed by atoms with Crippen molar-refractivity contribution in [2.45, 2.75) is 33.1 Å². The Bertz CT molecular complexity index is 2030. The van der Waals surface area contributed by atoms with Gasteiger partial charge in [-0.05, 0) is 71.5 Å². The average molecular weight is 506 g/mol. The van der Waals surface area contributed by atoms with Gasteiger partial charge in [-0.3, -0.25) is 0 Å². The normalized spacial score (nSPS) is 13.4. The highest BCUT2D eigenvalue weighted by atomic mass is 16.3. The minimum Gasteiger partial charge on any atom is -0.454 e. The molecule has 2 aromatic heterocycles. The van der Waals surface area contributed by atoms with Crippen LogP contribution in [0, 0.1) is 25.2 Å². The quantitative estimate of drug-likeness (QED) is 0.221. The van der Waals surface area contributed by atoms with Crippen molar-refractivity contribution in [1.82, 2.24) is 0 Å². The zero-order valence-corrected chi connectivity index (χ0v) is 22.9. The monoisotopic (exact) mass is 505 g/mol. The van der Waals surface area contributed by atoms with Gasteiger partial charge in [-0.15, -0.1) is 0 Å². The standard InChI is InChI=1S/C36H29N2O/c1-21-10-17-31(38(5)20-21)32-22(2)11-14-26-27-15-12-24(19-37)33(35(27)39-34(26)32)23-13-16-30-28(18-23)25-8-6-7-9-29(25)36(30,3)4/h6-18,20H,1-5H3/q+1. The predicted octanol–water partition coefficient (Wildman–Crippen LogP) is 8.54. The molecule has 0 aliphatic heterocycles. The first-order valence-corrected chi connectivity index (χ1v) is 13.4. The third-order valence-corrected chi connectivity index (χ3v) is 8.55. The highest BCUT2D eigenvalue weighted by molar-refractivity contribution is 6.14. The lowest BCUT2D eigenvalue weighted by Gasteiger charge is -2.21. The first-order chi connectivity index (χ1) is 18.8. The van der Waals surface area contributed by atoms with Gasteiger partial charge in [0.1, 0.15) is 18.2 Å². The molecule has 0 amide bonds. The number of fused-ring (bicyclic) bond motifs is 6. The molecule has 1 aliphatic carbocycles. The van der Waals surface area contributed by atoms with E-state index in [0.29, 0.717) is 5.56 Å². The number of rotatable bonds is 2. The Hall–Kier alpha value is -4.68. The van der Waals surface area contributed by atoms with Crippen molar-refractivity contribution >= 4 is 21.9 Å². The van der Waals surface area contributed by atoms with Crippen molar-refractivity contribution in [1.29, 1.82) is 5.26 Å². The molecule has 0 saturated carbocycles. The molecule has 0 atom stereocenters. The SMILES string of the molecule is Cc1ccc(-c2c(C)ccc3c2oc2c(-c4ccc5c(c4)-c4ccccc4C5(C)C)c(C#N)ccc23)[n+](C)c1. The Morgan fingerprint density at radius 1 is 0.769 bits per heavy atom. The molecule has 6 aromatic rings. The van der Waals surface area contributed by atoms with Gasteiger partial charge >= 0.3 is 0 Å². The zero-order chi connectivity index (χ0) is 27.1. The lowest BCUT2D eigenvalue weighted by molar-refractivity contribution is -0.660. The van der Waals surface area contributed by atoms with E-state index in [0.717, 1.165) is 49.9 Å². The molecule has 0 saturated heterocycles. The van der Waals surface area contributed by atoms with Gasteiger partial charge in [0.2, 0.25) is 5.69 Å². The molecule has 2 heterocycles. The minimum absolute atomic E-state index is 0.0656. The second kappa shape index (κ2) is 8.16. The molecular weight excluding hydrogens is 476 g/mol. The fourth-order valence-electron chi connectivity index (χ4n) is 6.58. The number of nitrogens with zero attached hydrogens (tertiary/aromatic N) is 2. The van der Waals surface area contributed by atoms with Crippen molar-refractivity contribution in [3.05, 3.63) is 113 Å². The summed E-state index contributed by atoms with van der Waals surface area (Å²) in [5.41, 5.74) is 13.7. The summed E-state index contributed by atoms with van der Waals surface area (Å²) in [6, 6.07) is 30.3. The molecule has 4 aromatic carbocycles. The van der Waals surface area contributed by atoms with Gasteiger partial charge in [0.25, 0.3) is 0 Å². The summed E-state index contributed by atoms with van der Waals surface area (Å²) < 4.78 is 8.96. The maximum Gasteiger partial charge on any atom is 0.216 e. The first-order valence-electron chi connectivity index (χ1n) is 13.4. The lowest BCUT2D eigenvalue weighted by atomic mass is 9.82. The molecule has 0 fully saturated rings. The zero-order valence-electron chi connectivity index (χ0n) is 22.9. The summed E-state index contributed by atoms with van der Waals surface area (Å²) in [6.45, 7) is 8.80. The molecular formula is C36H29N2O+. The summed E-state index contributed by atoms with van der Waals surface area (Å²) >= 11 is 0. The molecule has 3 heteroatoms. The summed E-state index contributed by atoms with van der Waals surface area (Å²) in [5.74, 6) is 0. The number of hydrogen-bond donors (Lipinski definition) is 0. The Balaban J connectivity index is 1.53. The van der Waals surface area contributed by atoms with Gasteiger partial charge in [-0.1, -0.05) is 62.4 Å². The molecule has 1 aliphatic rings. The van der Waals surface area contributed by atoms with Gasteiger partial charge in [0.05, 0.1) is 17.2 Å². The predicted molar refractivity (Wildman–Crippen MR) is 158 cm³/mol. The molecule has 0 radical (unpaired) electrons. The first kappa shape index (κ1) is 23.4. The van der Waals surface area contributed by atoms with Crippen LogP contribution in [0.3, 0.4) is 0 Å².